The minimum absolute atomic E-state index is 0.00581. The summed E-state index contributed by atoms with van der Waals surface area (Å²) in [6.45, 7) is 12.3. The van der Waals surface area contributed by atoms with E-state index in [1.165, 1.54) is 24.1 Å². The lowest BCUT2D eigenvalue weighted by Crippen LogP contribution is -2.50. The van der Waals surface area contributed by atoms with Gasteiger partial charge in [0.25, 0.3) is 19.9 Å². The van der Waals surface area contributed by atoms with Gasteiger partial charge in [-0.15, -0.1) is 0 Å². The Labute approximate surface area is 190 Å². The van der Waals surface area contributed by atoms with Crippen molar-refractivity contribution in [2.75, 3.05) is 20.3 Å². The normalized spacial score (nSPS) is 19.2. The Bertz CT molecular complexity index is 822. The van der Waals surface area contributed by atoms with Gasteiger partial charge in [-0.1, -0.05) is 41.5 Å². The number of nitrogens with zero attached hydrogens (tertiary/aromatic N) is 2. The molecule has 0 spiro atoms. The summed E-state index contributed by atoms with van der Waals surface area (Å²) < 4.78 is 12.1. The van der Waals surface area contributed by atoms with Crippen LogP contribution in [0.1, 0.15) is 58.3 Å². The number of nitro benzene ring substituents is 1. The molecule has 1 aliphatic rings. The van der Waals surface area contributed by atoms with Crippen LogP contribution in [0.2, 0.25) is 16.6 Å². The summed E-state index contributed by atoms with van der Waals surface area (Å²) in [6.07, 6.45) is -0.561. The van der Waals surface area contributed by atoms with Crippen molar-refractivity contribution in [3.05, 3.63) is 27.8 Å². The molecule has 1 aromatic rings. The number of benzene rings is 1. The molecule has 0 saturated carbocycles. The summed E-state index contributed by atoms with van der Waals surface area (Å²) in [7, 11) is -1.00. The molecular weight excluding hydrogens is 432 g/mol. The molecule has 2 rings (SSSR count). The SMILES string of the molecule is COc1cc(C(=O)N2C[C@H](O)C[C@H]2CO)c([N+](=O)[O-])cc1O[Si](C(C)C)(C(C)C)C(C)C. The van der Waals surface area contributed by atoms with Crippen LogP contribution in [0, 0.1) is 10.1 Å². The van der Waals surface area contributed by atoms with Crippen molar-refractivity contribution in [2.45, 2.75) is 76.7 Å². The summed E-state index contributed by atoms with van der Waals surface area (Å²) >= 11 is 0. The summed E-state index contributed by atoms with van der Waals surface area (Å²) in [5.41, 5.74) is 0.178. The van der Waals surface area contributed by atoms with Gasteiger partial charge in [0.15, 0.2) is 11.5 Å². The first-order valence-electron chi connectivity index (χ1n) is 11.1. The second-order valence-electron chi connectivity index (χ2n) is 9.38. The molecule has 1 heterocycles. The van der Waals surface area contributed by atoms with Gasteiger partial charge in [-0.2, -0.15) is 0 Å². The number of aliphatic hydroxyl groups excluding tert-OH is 2. The third-order valence-corrected chi connectivity index (χ3v) is 12.6. The highest BCUT2D eigenvalue weighted by Gasteiger charge is 2.48. The molecule has 2 N–H and O–H groups in total. The van der Waals surface area contributed by atoms with Crippen LogP contribution in [-0.4, -0.2) is 66.7 Å². The Morgan fingerprint density at radius 3 is 2.19 bits per heavy atom. The molecule has 180 valence electrons. The third-order valence-electron chi connectivity index (χ3n) is 6.57. The second kappa shape index (κ2) is 10.2. The van der Waals surface area contributed by atoms with E-state index in [1.807, 2.05) is 0 Å². The van der Waals surface area contributed by atoms with Crippen molar-refractivity contribution < 1.29 is 29.1 Å². The first-order chi connectivity index (χ1) is 14.9. The zero-order valence-corrected chi connectivity index (χ0v) is 21.0. The summed E-state index contributed by atoms with van der Waals surface area (Å²) in [5.74, 6) is -0.117. The lowest BCUT2D eigenvalue weighted by molar-refractivity contribution is -0.385. The zero-order valence-electron chi connectivity index (χ0n) is 20.0. The molecule has 0 unspecified atom stereocenters. The fourth-order valence-corrected chi connectivity index (χ4v) is 10.4. The van der Waals surface area contributed by atoms with Gasteiger partial charge in [0.1, 0.15) is 5.56 Å². The Kier molecular flexibility index (Phi) is 8.30. The molecule has 0 bridgehead atoms. The van der Waals surface area contributed by atoms with Crippen molar-refractivity contribution in [3.63, 3.8) is 0 Å². The number of β-amino-alcohol motifs (C(OH)–C–C–N with tert-alkyl or cyclic N) is 1. The number of carbonyl (C=O) groups is 1. The van der Waals surface area contributed by atoms with E-state index >= 15 is 0 Å². The molecule has 0 radical (unpaired) electrons. The van der Waals surface area contributed by atoms with Crippen molar-refractivity contribution in [1.82, 2.24) is 4.90 Å². The largest absolute Gasteiger partial charge is 0.540 e. The van der Waals surface area contributed by atoms with Crippen molar-refractivity contribution in [2.24, 2.45) is 0 Å². The minimum Gasteiger partial charge on any atom is -0.540 e. The topological polar surface area (TPSA) is 122 Å². The van der Waals surface area contributed by atoms with E-state index in [-0.39, 0.29) is 58.9 Å². The van der Waals surface area contributed by atoms with Crippen LogP contribution in [-0.2, 0) is 0 Å². The Balaban J connectivity index is 2.61. The fraction of sp³-hybridized carbons (Fsp3) is 0.682. The van der Waals surface area contributed by atoms with Gasteiger partial charge in [-0.05, 0) is 23.0 Å². The van der Waals surface area contributed by atoms with Gasteiger partial charge in [0.05, 0.1) is 36.9 Å². The Hall–Kier alpha value is -2.17. The zero-order chi connectivity index (χ0) is 24.4. The number of ether oxygens (including phenoxy) is 1. The molecule has 1 fully saturated rings. The first kappa shape index (κ1) is 26.1. The lowest BCUT2D eigenvalue weighted by Gasteiger charge is -2.42. The molecule has 32 heavy (non-hydrogen) atoms. The number of aliphatic hydroxyl groups is 2. The van der Waals surface area contributed by atoms with E-state index in [1.54, 1.807) is 0 Å². The van der Waals surface area contributed by atoms with Crippen LogP contribution in [0.5, 0.6) is 11.5 Å². The molecular formula is C22H36N2O7Si. The van der Waals surface area contributed by atoms with Gasteiger partial charge in [-0.25, -0.2) is 0 Å². The summed E-state index contributed by atoms with van der Waals surface area (Å²) in [4.78, 5) is 25.8. The molecule has 0 aliphatic carbocycles. The minimum atomic E-state index is -2.43. The van der Waals surface area contributed by atoms with Gasteiger partial charge in [0, 0.05) is 12.6 Å². The molecule has 2 atom stereocenters. The molecule has 0 aromatic heterocycles. The second-order valence-corrected chi connectivity index (χ2v) is 14.8. The molecule has 1 saturated heterocycles. The van der Waals surface area contributed by atoms with E-state index < -0.39 is 31.3 Å². The highest BCUT2D eigenvalue weighted by atomic mass is 28.4. The smallest absolute Gasteiger partial charge is 0.286 e. The molecule has 9 nitrogen and oxygen atoms in total. The number of nitro groups is 1. The van der Waals surface area contributed by atoms with Crippen molar-refractivity contribution >= 4 is 19.9 Å². The average molecular weight is 469 g/mol. The number of likely N-dealkylation sites (tertiary alicyclic amines) is 1. The molecule has 1 amide bonds. The number of rotatable bonds is 9. The number of hydrogen-bond acceptors (Lipinski definition) is 7. The van der Waals surface area contributed by atoms with Crippen LogP contribution in [0.15, 0.2) is 12.1 Å². The third kappa shape index (κ3) is 4.77. The highest BCUT2D eigenvalue weighted by Crippen LogP contribution is 2.46. The van der Waals surface area contributed by atoms with E-state index in [4.69, 9.17) is 9.16 Å². The number of methoxy groups -OCH3 is 1. The van der Waals surface area contributed by atoms with Crippen LogP contribution in [0.4, 0.5) is 5.69 Å². The quantitative estimate of drug-likeness (QED) is 0.322. The maximum Gasteiger partial charge on any atom is 0.286 e. The summed E-state index contributed by atoms with van der Waals surface area (Å²) in [5, 5.41) is 31.4. The predicted octanol–water partition coefficient (Wildman–Crippen LogP) is 3.73. The summed E-state index contributed by atoms with van der Waals surface area (Å²) in [6, 6.07) is 2.03. The van der Waals surface area contributed by atoms with Gasteiger partial charge in [0.2, 0.25) is 0 Å². The number of hydrogen-bond donors (Lipinski definition) is 2. The predicted molar refractivity (Wildman–Crippen MR) is 124 cm³/mol. The number of amides is 1. The first-order valence-corrected chi connectivity index (χ1v) is 13.2. The van der Waals surface area contributed by atoms with Crippen molar-refractivity contribution in [3.8, 4) is 11.5 Å². The van der Waals surface area contributed by atoms with Crippen molar-refractivity contribution in [1.29, 1.82) is 0 Å². The van der Waals surface area contributed by atoms with Crippen LogP contribution < -0.4 is 9.16 Å². The van der Waals surface area contributed by atoms with E-state index in [9.17, 15) is 25.1 Å². The van der Waals surface area contributed by atoms with E-state index in [0.29, 0.717) is 0 Å². The highest BCUT2D eigenvalue weighted by molar-refractivity contribution is 6.78. The van der Waals surface area contributed by atoms with E-state index in [0.717, 1.165) is 0 Å². The van der Waals surface area contributed by atoms with Crippen LogP contribution >= 0.6 is 0 Å². The Morgan fingerprint density at radius 2 is 1.75 bits per heavy atom. The molecule has 1 aromatic carbocycles. The molecule has 1 aliphatic heterocycles. The lowest BCUT2D eigenvalue weighted by atomic mass is 10.1. The van der Waals surface area contributed by atoms with Gasteiger partial charge in [-0.3, -0.25) is 14.9 Å². The maximum atomic E-state index is 13.2. The maximum absolute atomic E-state index is 13.2. The number of carbonyl (C=O) groups excluding carboxylic acids is 1. The average Bonchev–Trinajstić information content (AvgIpc) is 3.10. The fourth-order valence-electron chi connectivity index (χ4n) is 5.12. The van der Waals surface area contributed by atoms with Crippen LogP contribution in [0.25, 0.3) is 0 Å². The van der Waals surface area contributed by atoms with E-state index in [2.05, 4.69) is 41.5 Å². The molecule has 10 heteroatoms. The van der Waals surface area contributed by atoms with Crippen LogP contribution in [0.3, 0.4) is 0 Å². The monoisotopic (exact) mass is 468 g/mol. The standard InChI is InChI=1S/C22H36N2O7Si/c1-13(2)32(14(3)4,15(5)6)31-21-10-19(24(28)29)18(9-20(21)30-7)22(27)23-11-17(26)8-16(23)12-25/h9-10,13-17,25-26H,8,11-12H2,1-7H3/t16-,17+/m0/s1. The van der Waals surface area contributed by atoms with Gasteiger partial charge >= 0.3 is 0 Å². The van der Waals surface area contributed by atoms with Gasteiger partial charge < -0.3 is 24.3 Å². The Morgan fingerprint density at radius 1 is 1.19 bits per heavy atom.